The van der Waals surface area contributed by atoms with Crippen molar-refractivity contribution in [2.24, 2.45) is 5.92 Å². The Hall–Kier alpha value is -0.320. The number of carbonyl (C=O) groups is 1. The third-order valence-electron chi connectivity index (χ3n) is 3.55. The van der Waals surface area contributed by atoms with Gasteiger partial charge >= 0.3 is 0 Å². The van der Waals surface area contributed by atoms with Gasteiger partial charge in [0.2, 0.25) is 5.91 Å². The lowest BCUT2D eigenvalue weighted by atomic mass is 10.0. The number of hydrogen-bond acceptors (Lipinski definition) is 3. The van der Waals surface area contributed by atoms with Crippen LogP contribution < -0.4 is 10.6 Å². The number of carbonyl (C=O) groups excluding carboxylic acids is 1. The monoisotopic (exact) mass is 261 g/mol. The summed E-state index contributed by atoms with van der Waals surface area (Å²) in [6, 6.07) is 0. The summed E-state index contributed by atoms with van der Waals surface area (Å²) in [5.41, 5.74) is 0. The van der Waals surface area contributed by atoms with Crippen LogP contribution >= 0.6 is 12.4 Å². The van der Waals surface area contributed by atoms with E-state index >= 15 is 0 Å². The maximum atomic E-state index is 11.5. The Bertz CT molecular complexity index is 228. The lowest BCUT2D eigenvalue weighted by molar-refractivity contribution is -0.126. The molecule has 0 aliphatic carbocycles. The van der Waals surface area contributed by atoms with Gasteiger partial charge in [-0.25, -0.2) is 0 Å². The Morgan fingerprint density at radius 2 is 1.94 bits per heavy atom. The molecule has 0 spiro atoms. The molecule has 0 aromatic heterocycles. The molecule has 0 bridgehead atoms. The molecule has 0 unspecified atom stereocenters. The molecule has 0 radical (unpaired) electrons. The summed E-state index contributed by atoms with van der Waals surface area (Å²) in [5, 5.41) is 6.13. The maximum Gasteiger partial charge on any atom is 0.225 e. The van der Waals surface area contributed by atoms with Crippen molar-refractivity contribution in [3.05, 3.63) is 0 Å². The highest BCUT2D eigenvalue weighted by Crippen LogP contribution is 2.08. The van der Waals surface area contributed by atoms with Crippen molar-refractivity contribution in [2.75, 3.05) is 39.3 Å². The van der Waals surface area contributed by atoms with Crippen molar-refractivity contribution >= 4 is 18.3 Å². The van der Waals surface area contributed by atoms with Crippen molar-refractivity contribution in [2.45, 2.75) is 25.7 Å². The first-order chi connectivity index (χ1) is 7.86. The van der Waals surface area contributed by atoms with Gasteiger partial charge in [-0.3, -0.25) is 4.79 Å². The van der Waals surface area contributed by atoms with Gasteiger partial charge in [0.05, 0.1) is 5.92 Å². The van der Waals surface area contributed by atoms with Gasteiger partial charge in [0, 0.05) is 19.6 Å². The lowest BCUT2D eigenvalue weighted by Gasteiger charge is -2.27. The van der Waals surface area contributed by atoms with Gasteiger partial charge in [-0.2, -0.15) is 0 Å². The van der Waals surface area contributed by atoms with Gasteiger partial charge in [-0.1, -0.05) is 6.42 Å². The quantitative estimate of drug-likeness (QED) is 0.714. The number of rotatable bonds is 5. The summed E-state index contributed by atoms with van der Waals surface area (Å²) in [6.07, 6.45) is 5.17. The van der Waals surface area contributed by atoms with Crippen LogP contribution in [-0.4, -0.2) is 50.1 Å². The molecule has 0 saturated carbocycles. The number of nitrogens with zero attached hydrogens (tertiary/aromatic N) is 1. The molecule has 2 aliphatic heterocycles. The van der Waals surface area contributed by atoms with E-state index in [1.54, 1.807) is 0 Å². The molecule has 100 valence electrons. The Labute approximate surface area is 110 Å². The second-order valence-electron chi connectivity index (χ2n) is 4.90. The largest absolute Gasteiger partial charge is 0.356 e. The molecule has 5 heteroatoms. The van der Waals surface area contributed by atoms with Gasteiger partial charge in [0.25, 0.3) is 0 Å². The lowest BCUT2D eigenvalue weighted by Crippen LogP contribution is -2.51. The van der Waals surface area contributed by atoms with Gasteiger partial charge in [-0.05, 0) is 38.9 Å². The average Bonchev–Trinajstić information content (AvgIpc) is 2.23. The van der Waals surface area contributed by atoms with Crippen LogP contribution in [0.25, 0.3) is 0 Å². The Morgan fingerprint density at radius 3 is 2.53 bits per heavy atom. The summed E-state index contributed by atoms with van der Waals surface area (Å²) >= 11 is 0. The zero-order valence-electron chi connectivity index (χ0n) is 10.4. The second-order valence-corrected chi connectivity index (χ2v) is 4.90. The predicted octanol–water partition coefficient (Wildman–Crippen LogP) is 0.620. The Kier molecular flexibility index (Phi) is 6.85. The number of hydrogen-bond donors (Lipinski definition) is 2. The molecule has 4 nitrogen and oxygen atoms in total. The first-order valence-electron chi connectivity index (χ1n) is 6.57. The van der Waals surface area contributed by atoms with Crippen LogP contribution in [0.5, 0.6) is 0 Å². The van der Waals surface area contributed by atoms with Crippen LogP contribution in [0.4, 0.5) is 0 Å². The molecular formula is C12H24ClN3O. The molecule has 0 aromatic carbocycles. The van der Waals surface area contributed by atoms with E-state index in [2.05, 4.69) is 15.5 Å². The standard InChI is InChI=1S/C12H23N3O.ClH/c16-12(11-9-13-10-11)14-5-4-8-15-6-2-1-3-7-15;/h11,13H,1-10H2,(H,14,16);1H. The number of likely N-dealkylation sites (tertiary alicyclic amines) is 1. The molecule has 0 atom stereocenters. The maximum absolute atomic E-state index is 11.5. The topological polar surface area (TPSA) is 44.4 Å². The van der Waals surface area contributed by atoms with Crippen molar-refractivity contribution in [1.82, 2.24) is 15.5 Å². The highest BCUT2D eigenvalue weighted by molar-refractivity contribution is 5.85. The molecule has 2 N–H and O–H groups in total. The van der Waals surface area contributed by atoms with E-state index in [-0.39, 0.29) is 24.2 Å². The third-order valence-corrected chi connectivity index (χ3v) is 3.55. The molecule has 17 heavy (non-hydrogen) atoms. The van der Waals surface area contributed by atoms with E-state index in [1.165, 1.54) is 32.4 Å². The number of amides is 1. The number of halogens is 1. The van der Waals surface area contributed by atoms with E-state index in [9.17, 15) is 4.79 Å². The summed E-state index contributed by atoms with van der Waals surface area (Å²) in [4.78, 5) is 14.0. The van der Waals surface area contributed by atoms with Crippen LogP contribution in [0.1, 0.15) is 25.7 Å². The van der Waals surface area contributed by atoms with E-state index in [4.69, 9.17) is 0 Å². The van der Waals surface area contributed by atoms with Crippen LogP contribution in [0.3, 0.4) is 0 Å². The Morgan fingerprint density at radius 1 is 1.24 bits per heavy atom. The fraction of sp³-hybridized carbons (Fsp3) is 0.917. The van der Waals surface area contributed by atoms with E-state index in [0.717, 1.165) is 32.6 Å². The number of nitrogens with one attached hydrogen (secondary N) is 2. The SMILES string of the molecule is Cl.O=C(NCCCN1CCCCC1)C1CNC1. The van der Waals surface area contributed by atoms with Gasteiger partial charge in [-0.15, -0.1) is 12.4 Å². The van der Waals surface area contributed by atoms with Gasteiger partial charge < -0.3 is 15.5 Å². The third kappa shape index (κ3) is 4.82. The summed E-state index contributed by atoms with van der Waals surface area (Å²) < 4.78 is 0. The highest BCUT2D eigenvalue weighted by atomic mass is 35.5. The first kappa shape index (κ1) is 14.7. The second kappa shape index (κ2) is 7.90. The minimum absolute atomic E-state index is 0. The molecule has 0 aromatic rings. The molecular weight excluding hydrogens is 238 g/mol. The van der Waals surface area contributed by atoms with Crippen molar-refractivity contribution in [3.63, 3.8) is 0 Å². The van der Waals surface area contributed by atoms with Crippen molar-refractivity contribution in [3.8, 4) is 0 Å². The fourth-order valence-corrected chi connectivity index (χ4v) is 2.32. The normalized spacial score (nSPS) is 21.4. The van der Waals surface area contributed by atoms with Crippen LogP contribution in [-0.2, 0) is 4.79 Å². The van der Waals surface area contributed by atoms with Crippen LogP contribution in [0.2, 0.25) is 0 Å². The minimum atomic E-state index is 0. The van der Waals surface area contributed by atoms with Crippen LogP contribution in [0, 0.1) is 5.92 Å². The molecule has 2 aliphatic rings. The number of piperidine rings is 1. The summed E-state index contributed by atoms with van der Waals surface area (Å²) in [5.74, 6) is 0.465. The van der Waals surface area contributed by atoms with E-state index in [0.29, 0.717) is 0 Å². The molecule has 2 fully saturated rings. The Balaban J connectivity index is 0.00000144. The van der Waals surface area contributed by atoms with Crippen molar-refractivity contribution < 1.29 is 4.79 Å². The summed E-state index contributed by atoms with van der Waals surface area (Å²) in [7, 11) is 0. The zero-order valence-corrected chi connectivity index (χ0v) is 11.2. The smallest absolute Gasteiger partial charge is 0.225 e. The molecule has 2 heterocycles. The predicted molar refractivity (Wildman–Crippen MR) is 71.5 cm³/mol. The van der Waals surface area contributed by atoms with Gasteiger partial charge in [0.15, 0.2) is 0 Å². The van der Waals surface area contributed by atoms with Crippen LogP contribution in [0.15, 0.2) is 0 Å². The zero-order chi connectivity index (χ0) is 11.2. The first-order valence-corrected chi connectivity index (χ1v) is 6.57. The van der Waals surface area contributed by atoms with E-state index in [1.807, 2.05) is 0 Å². The highest BCUT2D eigenvalue weighted by Gasteiger charge is 2.24. The van der Waals surface area contributed by atoms with Crippen molar-refractivity contribution in [1.29, 1.82) is 0 Å². The average molecular weight is 262 g/mol. The van der Waals surface area contributed by atoms with Gasteiger partial charge in [0.1, 0.15) is 0 Å². The molecule has 2 saturated heterocycles. The fourth-order valence-electron chi connectivity index (χ4n) is 2.32. The summed E-state index contributed by atoms with van der Waals surface area (Å²) in [6.45, 7) is 6.20. The molecule has 2 rings (SSSR count). The van der Waals surface area contributed by atoms with E-state index < -0.39 is 0 Å². The minimum Gasteiger partial charge on any atom is -0.356 e. The molecule has 1 amide bonds.